The molecular formula is C24H31ClN2O5. The zero-order valence-corrected chi connectivity index (χ0v) is 19.8. The maximum Gasteiger partial charge on any atom is 0.422 e. The van der Waals surface area contributed by atoms with E-state index in [1.165, 1.54) is 5.01 Å². The molecule has 174 valence electrons. The van der Waals surface area contributed by atoms with Gasteiger partial charge < -0.3 is 14.6 Å². The minimum atomic E-state index is -1.43. The van der Waals surface area contributed by atoms with Gasteiger partial charge in [0.05, 0.1) is 12.6 Å². The molecule has 0 bridgehead atoms. The Balaban J connectivity index is 2.13. The fourth-order valence-corrected chi connectivity index (χ4v) is 3.06. The van der Waals surface area contributed by atoms with Crippen LogP contribution in [0.2, 0.25) is 5.02 Å². The number of rotatable bonds is 8. The normalized spacial score (nSPS) is 12.5. The summed E-state index contributed by atoms with van der Waals surface area (Å²) >= 11 is 6.07. The third kappa shape index (κ3) is 8.86. The molecule has 7 nitrogen and oxygen atoms in total. The quantitative estimate of drug-likeness (QED) is 0.441. The highest BCUT2D eigenvalue weighted by atomic mass is 35.5. The molecule has 0 heterocycles. The number of aliphatic hydroxyl groups excluding tert-OH is 1. The van der Waals surface area contributed by atoms with E-state index in [2.05, 4.69) is 5.43 Å². The molecule has 8 heteroatoms. The van der Waals surface area contributed by atoms with Crippen LogP contribution in [0.15, 0.2) is 48.5 Å². The molecule has 1 unspecified atom stereocenters. The van der Waals surface area contributed by atoms with Crippen molar-refractivity contribution in [2.45, 2.75) is 59.0 Å². The van der Waals surface area contributed by atoms with Gasteiger partial charge in [-0.25, -0.2) is 14.6 Å². The van der Waals surface area contributed by atoms with Gasteiger partial charge in [-0.05, 0) is 63.4 Å². The van der Waals surface area contributed by atoms with Gasteiger partial charge in [-0.3, -0.25) is 5.43 Å². The first kappa shape index (κ1) is 25.6. The summed E-state index contributed by atoms with van der Waals surface area (Å²) in [5.74, 6) is -0.757. The first-order valence-corrected chi connectivity index (χ1v) is 10.8. The number of carbonyl (C=O) groups is 2. The van der Waals surface area contributed by atoms with E-state index in [4.69, 9.17) is 21.1 Å². The number of ether oxygens (including phenoxy) is 2. The van der Waals surface area contributed by atoms with Crippen LogP contribution in [0.4, 0.5) is 4.79 Å². The second kappa shape index (κ2) is 11.3. The fourth-order valence-electron chi connectivity index (χ4n) is 2.86. The summed E-state index contributed by atoms with van der Waals surface area (Å²) in [6.45, 7) is 8.72. The van der Waals surface area contributed by atoms with E-state index in [1.807, 2.05) is 48.5 Å². The molecule has 0 aliphatic carbocycles. The van der Waals surface area contributed by atoms with Crippen molar-refractivity contribution in [2.24, 2.45) is 0 Å². The standard InChI is InChI=1S/C24H31ClN2O5/c1-16(2)31-22(29)21(28)15-27(26-23(30)32-24(3,4)5)14-17-9-11-18(12-10-17)19-7-6-8-20(25)13-19/h6-13,16,21,28H,14-15H2,1-5H3,(H,26,30). The van der Waals surface area contributed by atoms with E-state index < -0.39 is 23.8 Å². The highest BCUT2D eigenvalue weighted by Crippen LogP contribution is 2.23. The van der Waals surface area contributed by atoms with Crippen molar-refractivity contribution < 1.29 is 24.2 Å². The van der Waals surface area contributed by atoms with Gasteiger partial charge in [0.1, 0.15) is 5.60 Å². The second-order valence-corrected chi connectivity index (χ2v) is 9.14. The summed E-state index contributed by atoms with van der Waals surface area (Å²) in [5, 5.41) is 12.3. The van der Waals surface area contributed by atoms with Crippen LogP contribution in [0.5, 0.6) is 0 Å². The van der Waals surface area contributed by atoms with Crippen LogP contribution in [-0.2, 0) is 20.8 Å². The lowest BCUT2D eigenvalue weighted by Crippen LogP contribution is -2.49. The van der Waals surface area contributed by atoms with Crippen molar-refractivity contribution in [2.75, 3.05) is 6.54 Å². The molecule has 0 radical (unpaired) electrons. The number of amides is 1. The number of esters is 1. The molecule has 0 aliphatic heterocycles. The molecule has 2 aromatic rings. The van der Waals surface area contributed by atoms with Crippen LogP contribution in [0.1, 0.15) is 40.2 Å². The van der Waals surface area contributed by atoms with Crippen LogP contribution in [0, 0.1) is 0 Å². The van der Waals surface area contributed by atoms with E-state index in [0.29, 0.717) is 5.02 Å². The Morgan fingerprint density at radius 1 is 1.09 bits per heavy atom. The first-order chi connectivity index (χ1) is 14.9. The van der Waals surface area contributed by atoms with E-state index >= 15 is 0 Å². The third-order valence-electron chi connectivity index (χ3n) is 4.15. The van der Waals surface area contributed by atoms with Crippen molar-refractivity contribution in [1.82, 2.24) is 10.4 Å². The number of carbonyl (C=O) groups excluding carboxylic acids is 2. The average molecular weight is 463 g/mol. The predicted octanol–water partition coefficient (Wildman–Crippen LogP) is 4.56. The molecule has 0 saturated carbocycles. The molecule has 0 fully saturated rings. The number of hydrogen-bond acceptors (Lipinski definition) is 6. The Bertz CT molecular complexity index is 909. The zero-order valence-electron chi connectivity index (χ0n) is 19.1. The van der Waals surface area contributed by atoms with E-state index in [0.717, 1.165) is 16.7 Å². The maximum absolute atomic E-state index is 12.3. The highest BCUT2D eigenvalue weighted by molar-refractivity contribution is 6.30. The monoisotopic (exact) mass is 462 g/mol. The van der Waals surface area contributed by atoms with Crippen molar-refractivity contribution >= 4 is 23.7 Å². The smallest absolute Gasteiger partial charge is 0.422 e. The predicted molar refractivity (Wildman–Crippen MR) is 124 cm³/mol. The lowest BCUT2D eigenvalue weighted by molar-refractivity contribution is -0.159. The summed E-state index contributed by atoms with van der Waals surface area (Å²) in [6, 6.07) is 15.2. The molecular weight excluding hydrogens is 432 g/mol. The lowest BCUT2D eigenvalue weighted by Gasteiger charge is -2.27. The SMILES string of the molecule is CC(C)OC(=O)C(O)CN(Cc1ccc(-c2cccc(Cl)c2)cc1)NC(=O)OC(C)(C)C. The van der Waals surface area contributed by atoms with Crippen LogP contribution in [-0.4, -0.2) is 46.5 Å². The lowest BCUT2D eigenvalue weighted by atomic mass is 10.0. The average Bonchev–Trinajstić information content (AvgIpc) is 2.66. The fraction of sp³-hybridized carbons (Fsp3) is 0.417. The van der Waals surface area contributed by atoms with Crippen LogP contribution < -0.4 is 5.43 Å². The molecule has 0 aromatic heterocycles. The van der Waals surface area contributed by atoms with Gasteiger partial charge in [0.25, 0.3) is 0 Å². The summed E-state index contributed by atoms with van der Waals surface area (Å²) in [5.41, 5.74) is 4.74. The largest absolute Gasteiger partial charge is 0.461 e. The van der Waals surface area contributed by atoms with Crippen LogP contribution in [0.25, 0.3) is 11.1 Å². The number of nitrogens with zero attached hydrogens (tertiary/aromatic N) is 1. The summed E-state index contributed by atoms with van der Waals surface area (Å²) in [7, 11) is 0. The minimum absolute atomic E-state index is 0.166. The Hall–Kier alpha value is -2.61. The van der Waals surface area contributed by atoms with Gasteiger partial charge in [-0.2, -0.15) is 0 Å². The Kier molecular flexibility index (Phi) is 9.07. The van der Waals surface area contributed by atoms with Crippen molar-refractivity contribution in [3.63, 3.8) is 0 Å². The van der Waals surface area contributed by atoms with Crippen molar-refractivity contribution in [3.8, 4) is 11.1 Å². The second-order valence-electron chi connectivity index (χ2n) is 8.70. The third-order valence-corrected chi connectivity index (χ3v) is 4.39. The minimum Gasteiger partial charge on any atom is -0.461 e. The number of nitrogens with one attached hydrogen (secondary N) is 1. The summed E-state index contributed by atoms with van der Waals surface area (Å²) in [4.78, 5) is 24.3. The molecule has 32 heavy (non-hydrogen) atoms. The molecule has 0 aliphatic rings. The Morgan fingerprint density at radius 3 is 2.31 bits per heavy atom. The molecule has 2 rings (SSSR count). The van der Waals surface area contributed by atoms with Gasteiger partial charge >= 0.3 is 12.1 Å². The van der Waals surface area contributed by atoms with Gasteiger partial charge in [-0.1, -0.05) is 48.0 Å². The van der Waals surface area contributed by atoms with E-state index in [-0.39, 0.29) is 19.2 Å². The summed E-state index contributed by atoms with van der Waals surface area (Å²) in [6.07, 6.45) is -2.47. The highest BCUT2D eigenvalue weighted by Gasteiger charge is 2.24. The molecule has 0 spiro atoms. The van der Waals surface area contributed by atoms with Gasteiger partial charge in [-0.15, -0.1) is 0 Å². The molecule has 1 amide bonds. The Morgan fingerprint density at radius 2 is 1.75 bits per heavy atom. The molecule has 1 atom stereocenters. The molecule has 2 N–H and O–H groups in total. The zero-order chi connectivity index (χ0) is 23.9. The van der Waals surface area contributed by atoms with Crippen LogP contribution >= 0.6 is 11.6 Å². The van der Waals surface area contributed by atoms with E-state index in [9.17, 15) is 14.7 Å². The molecule has 0 saturated heterocycles. The first-order valence-electron chi connectivity index (χ1n) is 10.4. The van der Waals surface area contributed by atoms with Gasteiger partial charge in [0.15, 0.2) is 6.10 Å². The van der Waals surface area contributed by atoms with Crippen molar-refractivity contribution in [1.29, 1.82) is 0 Å². The number of benzene rings is 2. The number of halogens is 1. The topological polar surface area (TPSA) is 88.1 Å². The summed E-state index contributed by atoms with van der Waals surface area (Å²) < 4.78 is 10.4. The molecule has 2 aromatic carbocycles. The van der Waals surface area contributed by atoms with E-state index in [1.54, 1.807) is 34.6 Å². The maximum atomic E-state index is 12.3. The van der Waals surface area contributed by atoms with Gasteiger partial charge in [0.2, 0.25) is 0 Å². The number of hydrogen-bond donors (Lipinski definition) is 2. The number of aliphatic hydroxyl groups is 1. The number of hydrazine groups is 1. The van der Waals surface area contributed by atoms with Gasteiger partial charge in [0, 0.05) is 11.6 Å². The van der Waals surface area contributed by atoms with Crippen molar-refractivity contribution in [3.05, 3.63) is 59.1 Å². The van der Waals surface area contributed by atoms with Crippen LogP contribution in [0.3, 0.4) is 0 Å². The Labute approximate surface area is 194 Å².